The van der Waals surface area contributed by atoms with Gasteiger partial charge in [0, 0.05) is 13.2 Å². The van der Waals surface area contributed by atoms with Crippen LogP contribution in [0.3, 0.4) is 0 Å². The Morgan fingerprint density at radius 1 is 0.955 bits per heavy atom. The fourth-order valence-electron chi connectivity index (χ4n) is 3.13. The van der Waals surface area contributed by atoms with Gasteiger partial charge in [0.05, 0.1) is 13.2 Å². The van der Waals surface area contributed by atoms with Crippen molar-refractivity contribution in [1.82, 2.24) is 0 Å². The van der Waals surface area contributed by atoms with E-state index in [0.717, 1.165) is 26.1 Å². The molecule has 0 saturated heterocycles. The summed E-state index contributed by atoms with van der Waals surface area (Å²) in [4.78, 5) is 0. The van der Waals surface area contributed by atoms with Gasteiger partial charge >= 0.3 is 0 Å². The molecule has 2 aliphatic rings. The minimum absolute atomic E-state index is 0.392. The molecule has 1 N–H and O–H groups in total. The highest BCUT2D eigenvalue weighted by atomic mass is 16.5. The first-order valence-corrected chi connectivity index (χ1v) is 8.78. The predicted molar refractivity (Wildman–Crippen MR) is 89.8 cm³/mol. The largest absolute Gasteiger partial charge is 0.388 e. The summed E-state index contributed by atoms with van der Waals surface area (Å²) in [7, 11) is 0. The van der Waals surface area contributed by atoms with Crippen LogP contribution in [-0.2, 0) is 9.47 Å². The molecule has 0 amide bonds. The summed E-state index contributed by atoms with van der Waals surface area (Å²) in [6.45, 7) is 6.69. The quantitative estimate of drug-likeness (QED) is 0.692. The first kappa shape index (κ1) is 17.7. The van der Waals surface area contributed by atoms with Crippen molar-refractivity contribution in [3.05, 3.63) is 23.3 Å². The molecule has 3 nitrogen and oxygen atoms in total. The number of allylic oxidation sites excluding steroid dienone is 4. The summed E-state index contributed by atoms with van der Waals surface area (Å²) in [5.74, 6) is 1.24. The Hall–Kier alpha value is -0.640. The summed E-state index contributed by atoms with van der Waals surface area (Å²) in [5, 5.41) is 9.92. The fourth-order valence-corrected chi connectivity index (χ4v) is 3.13. The van der Waals surface area contributed by atoms with Crippen LogP contribution < -0.4 is 0 Å². The fraction of sp³-hybridized carbons (Fsp3) is 0.789. The van der Waals surface area contributed by atoms with Gasteiger partial charge in [0.2, 0.25) is 0 Å². The third-order valence-electron chi connectivity index (χ3n) is 4.82. The Kier molecular flexibility index (Phi) is 7.64. The number of rotatable bonds is 8. The van der Waals surface area contributed by atoms with Crippen molar-refractivity contribution in [1.29, 1.82) is 0 Å². The Morgan fingerprint density at radius 2 is 1.41 bits per heavy atom. The number of ether oxygens (including phenoxy) is 2. The summed E-state index contributed by atoms with van der Waals surface area (Å²) in [6, 6.07) is 0. The minimum Gasteiger partial charge on any atom is -0.388 e. The molecule has 0 radical (unpaired) electrons. The molecule has 22 heavy (non-hydrogen) atoms. The standard InChI is InChI=1S/C19H32O3/c1-15-3-7-17(8-4-15)11-21-13-19(20)14-22-12-18-9-5-16(2)6-10-18/h3,5,17-20H,4,6-14H2,1-2H3. The second-order valence-electron chi connectivity index (χ2n) is 7.11. The predicted octanol–water partition coefficient (Wildman–Crippen LogP) is 3.87. The zero-order chi connectivity index (χ0) is 15.8. The molecule has 0 aromatic heterocycles. The van der Waals surface area contributed by atoms with Gasteiger partial charge in [-0.15, -0.1) is 0 Å². The average molecular weight is 308 g/mol. The maximum absolute atomic E-state index is 9.92. The third kappa shape index (κ3) is 6.64. The van der Waals surface area contributed by atoms with Crippen LogP contribution >= 0.6 is 0 Å². The van der Waals surface area contributed by atoms with Crippen LogP contribution in [0.2, 0.25) is 0 Å². The molecule has 2 rings (SSSR count). The lowest BCUT2D eigenvalue weighted by atomic mass is 9.91. The van der Waals surface area contributed by atoms with E-state index in [9.17, 15) is 5.11 Å². The van der Waals surface area contributed by atoms with E-state index in [0.29, 0.717) is 25.0 Å². The highest BCUT2D eigenvalue weighted by molar-refractivity contribution is 5.03. The van der Waals surface area contributed by atoms with Gasteiger partial charge in [-0.25, -0.2) is 0 Å². The number of hydrogen-bond donors (Lipinski definition) is 1. The van der Waals surface area contributed by atoms with E-state index in [4.69, 9.17) is 9.47 Å². The Morgan fingerprint density at radius 3 is 1.77 bits per heavy atom. The van der Waals surface area contributed by atoms with Gasteiger partial charge in [-0.2, -0.15) is 0 Å². The van der Waals surface area contributed by atoms with Crippen molar-refractivity contribution in [2.24, 2.45) is 11.8 Å². The van der Waals surface area contributed by atoms with E-state index in [1.807, 2.05) is 0 Å². The van der Waals surface area contributed by atoms with Crippen LogP contribution in [0.5, 0.6) is 0 Å². The number of aliphatic hydroxyl groups excluding tert-OH is 1. The highest BCUT2D eigenvalue weighted by Gasteiger charge is 2.15. The molecule has 0 heterocycles. The van der Waals surface area contributed by atoms with Gasteiger partial charge in [0.1, 0.15) is 6.10 Å². The van der Waals surface area contributed by atoms with Crippen molar-refractivity contribution in [2.45, 2.75) is 58.5 Å². The molecular weight excluding hydrogens is 276 g/mol. The van der Waals surface area contributed by atoms with E-state index >= 15 is 0 Å². The van der Waals surface area contributed by atoms with Crippen LogP contribution in [-0.4, -0.2) is 37.6 Å². The van der Waals surface area contributed by atoms with Crippen molar-refractivity contribution in [3.63, 3.8) is 0 Å². The van der Waals surface area contributed by atoms with Crippen LogP contribution in [0.1, 0.15) is 52.4 Å². The lowest BCUT2D eigenvalue weighted by Crippen LogP contribution is -2.25. The van der Waals surface area contributed by atoms with Gasteiger partial charge in [-0.05, 0) is 64.2 Å². The SMILES string of the molecule is CC1=CCC(COCC(O)COCC2CC=C(C)CC2)CC1. The Bertz CT molecular complexity index is 350. The molecule has 2 atom stereocenters. The second kappa shape index (κ2) is 9.49. The normalized spacial score (nSPS) is 27.2. The van der Waals surface area contributed by atoms with Crippen molar-refractivity contribution >= 4 is 0 Å². The van der Waals surface area contributed by atoms with E-state index < -0.39 is 6.10 Å². The summed E-state index contributed by atoms with van der Waals surface area (Å²) in [5.41, 5.74) is 3.00. The summed E-state index contributed by atoms with van der Waals surface area (Å²) in [6.07, 6.45) is 11.2. The maximum Gasteiger partial charge on any atom is 0.101 e. The van der Waals surface area contributed by atoms with E-state index in [-0.39, 0.29) is 0 Å². The molecule has 0 aromatic carbocycles. The van der Waals surface area contributed by atoms with Crippen LogP contribution in [0, 0.1) is 11.8 Å². The van der Waals surface area contributed by atoms with Gasteiger partial charge in [-0.1, -0.05) is 23.3 Å². The molecule has 3 heteroatoms. The molecule has 2 aliphatic carbocycles. The number of hydrogen-bond acceptors (Lipinski definition) is 3. The lowest BCUT2D eigenvalue weighted by Gasteiger charge is -2.22. The molecule has 126 valence electrons. The first-order chi connectivity index (χ1) is 10.6. The average Bonchev–Trinajstić information content (AvgIpc) is 2.51. The Labute approximate surface area is 135 Å². The maximum atomic E-state index is 9.92. The molecule has 0 bridgehead atoms. The summed E-state index contributed by atoms with van der Waals surface area (Å²) < 4.78 is 11.3. The van der Waals surface area contributed by atoms with Gasteiger partial charge in [0.25, 0.3) is 0 Å². The van der Waals surface area contributed by atoms with Gasteiger partial charge in [-0.3, -0.25) is 0 Å². The third-order valence-corrected chi connectivity index (χ3v) is 4.82. The second-order valence-corrected chi connectivity index (χ2v) is 7.11. The zero-order valence-electron chi connectivity index (χ0n) is 14.2. The monoisotopic (exact) mass is 308 g/mol. The minimum atomic E-state index is -0.498. The molecule has 0 saturated carbocycles. The topological polar surface area (TPSA) is 38.7 Å². The summed E-state index contributed by atoms with van der Waals surface area (Å²) >= 11 is 0. The van der Waals surface area contributed by atoms with Gasteiger partial charge < -0.3 is 14.6 Å². The van der Waals surface area contributed by atoms with E-state index in [1.165, 1.54) is 36.8 Å². The van der Waals surface area contributed by atoms with Crippen molar-refractivity contribution < 1.29 is 14.6 Å². The van der Waals surface area contributed by atoms with Gasteiger partial charge in [0.15, 0.2) is 0 Å². The highest BCUT2D eigenvalue weighted by Crippen LogP contribution is 2.24. The van der Waals surface area contributed by atoms with Crippen molar-refractivity contribution in [3.8, 4) is 0 Å². The lowest BCUT2D eigenvalue weighted by molar-refractivity contribution is -0.0335. The van der Waals surface area contributed by atoms with Crippen molar-refractivity contribution in [2.75, 3.05) is 26.4 Å². The first-order valence-electron chi connectivity index (χ1n) is 8.78. The van der Waals surface area contributed by atoms with E-state index in [1.54, 1.807) is 0 Å². The smallest absolute Gasteiger partial charge is 0.101 e. The molecule has 0 aliphatic heterocycles. The number of aliphatic hydroxyl groups is 1. The molecule has 0 spiro atoms. The van der Waals surface area contributed by atoms with Crippen LogP contribution in [0.4, 0.5) is 0 Å². The molecule has 2 unspecified atom stereocenters. The molecule has 0 fully saturated rings. The van der Waals surface area contributed by atoms with Crippen LogP contribution in [0.25, 0.3) is 0 Å². The van der Waals surface area contributed by atoms with Crippen LogP contribution in [0.15, 0.2) is 23.3 Å². The zero-order valence-corrected chi connectivity index (χ0v) is 14.2. The Balaban J connectivity index is 1.48. The molecule has 0 aromatic rings. The van der Waals surface area contributed by atoms with E-state index in [2.05, 4.69) is 26.0 Å². The molecular formula is C19H32O3.